The van der Waals surface area contributed by atoms with Crippen LogP contribution in [0.2, 0.25) is 0 Å². The van der Waals surface area contributed by atoms with E-state index in [-0.39, 0.29) is 36.1 Å². The highest BCUT2D eigenvalue weighted by atomic mass is 35.5. The molecular formula is C18H31Cl2N3O. The lowest BCUT2D eigenvalue weighted by atomic mass is 9.87. The predicted octanol–water partition coefficient (Wildman–Crippen LogP) is 3.83. The highest BCUT2D eigenvalue weighted by Crippen LogP contribution is 2.20. The van der Waals surface area contributed by atoms with Gasteiger partial charge in [-0.05, 0) is 49.0 Å². The van der Waals surface area contributed by atoms with Gasteiger partial charge in [0.2, 0.25) is 5.91 Å². The molecule has 1 fully saturated rings. The van der Waals surface area contributed by atoms with Crippen molar-refractivity contribution in [3.8, 4) is 0 Å². The number of hydrogen-bond acceptors (Lipinski definition) is 3. The van der Waals surface area contributed by atoms with Crippen LogP contribution in [0.4, 0.5) is 5.69 Å². The lowest BCUT2D eigenvalue weighted by Gasteiger charge is -2.27. The van der Waals surface area contributed by atoms with Crippen molar-refractivity contribution >= 4 is 36.4 Å². The average Bonchev–Trinajstić information content (AvgIpc) is 2.47. The summed E-state index contributed by atoms with van der Waals surface area (Å²) in [5.41, 5.74) is 7.84. The van der Waals surface area contributed by atoms with Crippen LogP contribution in [0, 0.1) is 5.41 Å². The zero-order chi connectivity index (χ0) is 16.2. The number of carbonyl (C=O) groups excluding carboxylic acids is 1. The SMILES string of the molecule is CC(C)(C)[C@H](N)C(=O)Nc1cccc(CN2CCCCC2)c1.Cl.Cl. The molecule has 1 aromatic rings. The third-order valence-electron chi connectivity index (χ3n) is 4.26. The minimum atomic E-state index is -0.516. The van der Waals surface area contributed by atoms with Crippen molar-refractivity contribution < 1.29 is 4.79 Å². The number of benzene rings is 1. The fourth-order valence-electron chi connectivity index (χ4n) is 2.74. The quantitative estimate of drug-likeness (QED) is 0.840. The summed E-state index contributed by atoms with van der Waals surface area (Å²) in [5, 5.41) is 2.94. The zero-order valence-corrected chi connectivity index (χ0v) is 16.5. The average molecular weight is 376 g/mol. The van der Waals surface area contributed by atoms with Crippen molar-refractivity contribution in [3.05, 3.63) is 29.8 Å². The molecular weight excluding hydrogens is 345 g/mol. The smallest absolute Gasteiger partial charge is 0.241 e. The van der Waals surface area contributed by atoms with Gasteiger partial charge in [0.15, 0.2) is 0 Å². The normalized spacial score (nSPS) is 16.5. The van der Waals surface area contributed by atoms with Gasteiger partial charge < -0.3 is 11.1 Å². The number of amides is 1. The maximum absolute atomic E-state index is 12.2. The van der Waals surface area contributed by atoms with Gasteiger partial charge in [0.05, 0.1) is 6.04 Å². The second kappa shape index (κ2) is 10.2. The first-order valence-corrected chi connectivity index (χ1v) is 8.24. The van der Waals surface area contributed by atoms with Crippen LogP contribution >= 0.6 is 24.8 Å². The number of nitrogens with one attached hydrogen (secondary N) is 1. The molecule has 1 saturated heterocycles. The maximum atomic E-state index is 12.2. The fraction of sp³-hybridized carbons (Fsp3) is 0.611. The third-order valence-corrected chi connectivity index (χ3v) is 4.26. The van der Waals surface area contributed by atoms with E-state index in [4.69, 9.17) is 5.73 Å². The molecule has 1 heterocycles. The van der Waals surface area contributed by atoms with Crippen LogP contribution in [-0.4, -0.2) is 29.9 Å². The number of nitrogens with zero attached hydrogens (tertiary/aromatic N) is 1. The Morgan fingerprint density at radius 2 is 1.83 bits per heavy atom. The number of likely N-dealkylation sites (tertiary alicyclic amines) is 1. The van der Waals surface area contributed by atoms with E-state index >= 15 is 0 Å². The van der Waals surface area contributed by atoms with E-state index in [1.165, 1.54) is 37.9 Å². The Morgan fingerprint density at radius 3 is 2.42 bits per heavy atom. The molecule has 6 heteroatoms. The molecule has 1 amide bonds. The molecule has 0 bridgehead atoms. The lowest BCUT2D eigenvalue weighted by Crippen LogP contribution is -2.45. The summed E-state index contributed by atoms with van der Waals surface area (Å²) in [6, 6.07) is 7.58. The van der Waals surface area contributed by atoms with Crippen molar-refractivity contribution in [1.29, 1.82) is 0 Å². The minimum Gasteiger partial charge on any atom is -0.325 e. The Hall–Kier alpha value is -0.810. The minimum absolute atomic E-state index is 0. The first-order chi connectivity index (χ1) is 10.4. The maximum Gasteiger partial charge on any atom is 0.241 e. The summed E-state index contributed by atoms with van der Waals surface area (Å²) in [5.74, 6) is -0.123. The monoisotopic (exact) mass is 375 g/mol. The second-order valence-electron chi connectivity index (χ2n) is 7.37. The molecule has 0 aromatic heterocycles. The number of anilines is 1. The highest BCUT2D eigenvalue weighted by molar-refractivity contribution is 5.95. The number of halogens is 2. The molecule has 138 valence electrons. The van der Waals surface area contributed by atoms with Crippen LogP contribution in [-0.2, 0) is 11.3 Å². The summed E-state index contributed by atoms with van der Waals surface area (Å²) in [7, 11) is 0. The number of carbonyl (C=O) groups is 1. The molecule has 1 aliphatic rings. The molecule has 0 spiro atoms. The van der Waals surface area contributed by atoms with Gasteiger partial charge in [-0.2, -0.15) is 0 Å². The van der Waals surface area contributed by atoms with Crippen molar-refractivity contribution in [2.75, 3.05) is 18.4 Å². The lowest BCUT2D eigenvalue weighted by molar-refractivity contribution is -0.119. The third kappa shape index (κ3) is 6.98. The first kappa shape index (κ1) is 23.2. The van der Waals surface area contributed by atoms with Gasteiger partial charge in [-0.1, -0.05) is 39.3 Å². The Kier molecular flexibility index (Phi) is 9.90. The molecule has 4 nitrogen and oxygen atoms in total. The Morgan fingerprint density at radius 1 is 1.21 bits per heavy atom. The van der Waals surface area contributed by atoms with Gasteiger partial charge in [-0.25, -0.2) is 0 Å². The Balaban J connectivity index is 0.00000264. The number of piperidine rings is 1. The number of nitrogens with two attached hydrogens (primary N) is 1. The van der Waals surface area contributed by atoms with Crippen LogP contribution in [0.5, 0.6) is 0 Å². The van der Waals surface area contributed by atoms with Crippen LogP contribution in [0.25, 0.3) is 0 Å². The summed E-state index contributed by atoms with van der Waals surface area (Å²) in [6.07, 6.45) is 3.92. The van der Waals surface area contributed by atoms with Crippen molar-refractivity contribution in [2.45, 2.75) is 52.6 Å². The van der Waals surface area contributed by atoms with E-state index in [2.05, 4.69) is 22.3 Å². The van der Waals surface area contributed by atoms with E-state index in [1.54, 1.807) is 0 Å². The van der Waals surface area contributed by atoms with E-state index in [0.29, 0.717) is 0 Å². The summed E-state index contributed by atoms with van der Waals surface area (Å²) >= 11 is 0. The van der Waals surface area contributed by atoms with Gasteiger partial charge in [-0.3, -0.25) is 9.69 Å². The van der Waals surface area contributed by atoms with Gasteiger partial charge in [0, 0.05) is 12.2 Å². The van der Waals surface area contributed by atoms with E-state index in [9.17, 15) is 4.79 Å². The van der Waals surface area contributed by atoms with Gasteiger partial charge in [0.25, 0.3) is 0 Å². The summed E-state index contributed by atoms with van der Waals surface area (Å²) in [6.45, 7) is 9.23. The first-order valence-electron chi connectivity index (χ1n) is 8.24. The van der Waals surface area contributed by atoms with Crippen molar-refractivity contribution in [3.63, 3.8) is 0 Å². The molecule has 0 radical (unpaired) electrons. The van der Waals surface area contributed by atoms with Crippen LogP contribution in [0.1, 0.15) is 45.6 Å². The predicted molar refractivity (Wildman–Crippen MR) is 106 cm³/mol. The Bertz CT molecular complexity index is 511. The topological polar surface area (TPSA) is 58.4 Å². The molecule has 2 rings (SSSR count). The number of hydrogen-bond donors (Lipinski definition) is 2. The molecule has 1 aromatic carbocycles. The Labute approximate surface area is 158 Å². The van der Waals surface area contributed by atoms with Crippen LogP contribution < -0.4 is 11.1 Å². The largest absolute Gasteiger partial charge is 0.325 e. The molecule has 1 aliphatic heterocycles. The summed E-state index contributed by atoms with van der Waals surface area (Å²) in [4.78, 5) is 14.7. The molecule has 0 saturated carbocycles. The molecule has 1 atom stereocenters. The van der Waals surface area contributed by atoms with Gasteiger partial charge in [-0.15, -0.1) is 24.8 Å². The molecule has 0 unspecified atom stereocenters. The second-order valence-corrected chi connectivity index (χ2v) is 7.37. The van der Waals surface area contributed by atoms with Gasteiger partial charge >= 0.3 is 0 Å². The standard InChI is InChI=1S/C18H29N3O.2ClH/c1-18(2,3)16(19)17(22)20-15-9-7-8-14(12-15)13-21-10-5-4-6-11-21;;/h7-9,12,16H,4-6,10-11,13,19H2,1-3H3,(H,20,22);2*1H/t16-;;/m1../s1. The zero-order valence-electron chi connectivity index (χ0n) is 14.9. The molecule has 3 N–H and O–H groups in total. The van der Waals surface area contributed by atoms with Crippen molar-refractivity contribution in [1.82, 2.24) is 4.90 Å². The highest BCUT2D eigenvalue weighted by Gasteiger charge is 2.27. The fourth-order valence-corrected chi connectivity index (χ4v) is 2.74. The number of rotatable bonds is 4. The van der Waals surface area contributed by atoms with Gasteiger partial charge in [0.1, 0.15) is 0 Å². The van der Waals surface area contributed by atoms with Crippen LogP contribution in [0.15, 0.2) is 24.3 Å². The van der Waals surface area contributed by atoms with E-state index in [1.807, 2.05) is 32.9 Å². The van der Waals surface area contributed by atoms with E-state index in [0.717, 1.165) is 12.2 Å². The molecule has 0 aliphatic carbocycles. The van der Waals surface area contributed by atoms with Crippen LogP contribution in [0.3, 0.4) is 0 Å². The van der Waals surface area contributed by atoms with E-state index < -0.39 is 6.04 Å². The molecule has 24 heavy (non-hydrogen) atoms. The summed E-state index contributed by atoms with van der Waals surface area (Å²) < 4.78 is 0. The van der Waals surface area contributed by atoms with Crippen molar-refractivity contribution in [2.24, 2.45) is 11.1 Å².